The van der Waals surface area contributed by atoms with E-state index in [1.54, 1.807) is 12.2 Å². The topological polar surface area (TPSA) is 119 Å². The Bertz CT molecular complexity index is 917. The van der Waals surface area contributed by atoms with E-state index in [4.69, 9.17) is 0 Å². The van der Waals surface area contributed by atoms with Crippen LogP contribution in [0.2, 0.25) is 0 Å². The van der Waals surface area contributed by atoms with Crippen LogP contribution in [0.25, 0.3) is 0 Å². The first-order chi connectivity index (χ1) is 16.3. The van der Waals surface area contributed by atoms with Crippen molar-refractivity contribution >= 4 is 23.7 Å². The van der Waals surface area contributed by atoms with Crippen LogP contribution >= 0.6 is 0 Å². The zero-order valence-corrected chi connectivity index (χ0v) is 19.8. The molecule has 1 aromatic rings. The molecule has 9 heteroatoms. The van der Waals surface area contributed by atoms with Crippen LogP contribution in [0.3, 0.4) is 0 Å². The van der Waals surface area contributed by atoms with Crippen LogP contribution in [-0.2, 0) is 25.7 Å². The molecule has 34 heavy (non-hydrogen) atoms. The van der Waals surface area contributed by atoms with Crippen molar-refractivity contribution in [1.29, 1.82) is 0 Å². The fourth-order valence-corrected chi connectivity index (χ4v) is 4.37. The molecule has 3 amide bonds. The molecule has 0 spiro atoms. The Labute approximate surface area is 200 Å². The minimum atomic E-state index is -1.09. The van der Waals surface area contributed by atoms with Gasteiger partial charge in [-0.25, -0.2) is 14.8 Å². The first kappa shape index (κ1) is 25.4. The molecule has 1 aromatic carbocycles. The summed E-state index contributed by atoms with van der Waals surface area (Å²) in [7, 11) is 0. The predicted octanol–water partition coefficient (Wildman–Crippen LogP) is 1.70. The number of nitrogens with one attached hydrogen (secondary N) is 2. The number of carboxylic acids is 1. The highest BCUT2D eigenvalue weighted by molar-refractivity contribution is 5.88. The van der Waals surface area contributed by atoms with Crippen molar-refractivity contribution < 1.29 is 24.3 Å². The summed E-state index contributed by atoms with van der Waals surface area (Å²) in [6.07, 6.45) is 4.40. The first-order valence-electron chi connectivity index (χ1n) is 11.8. The third kappa shape index (κ3) is 6.66. The van der Waals surface area contributed by atoms with Crippen LogP contribution < -0.4 is 10.6 Å². The number of hydrogen-bond acceptors (Lipinski definition) is 5. The highest BCUT2D eigenvalue weighted by Gasteiger charge is 2.40. The molecule has 3 rings (SSSR count). The van der Waals surface area contributed by atoms with Crippen LogP contribution in [0.15, 0.2) is 42.5 Å². The van der Waals surface area contributed by atoms with Crippen molar-refractivity contribution in [2.75, 3.05) is 13.1 Å². The molecule has 0 saturated carbocycles. The Kier molecular flexibility index (Phi) is 8.81. The molecule has 0 radical (unpaired) electrons. The van der Waals surface area contributed by atoms with Crippen molar-refractivity contribution in [2.45, 2.75) is 58.2 Å². The summed E-state index contributed by atoms with van der Waals surface area (Å²) >= 11 is 0. The number of rotatable bonds is 10. The Balaban J connectivity index is 1.67. The van der Waals surface area contributed by atoms with Gasteiger partial charge in [0.05, 0.1) is 24.9 Å². The average molecular weight is 471 g/mol. The molecule has 3 atom stereocenters. The van der Waals surface area contributed by atoms with E-state index in [-0.39, 0.29) is 37.1 Å². The summed E-state index contributed by atoms with van der Waals surface area (Å²) < 4.78 is 0. The Hall–Kier alpha value is -3.20. The van der Waals surface area contributed by atoms with Gasteiger partial charge in [0.15, 0.2) is 0 Å². The first-order valence-corrected chi connectivity index (χ1v) is 11.8. The van der Waals surface area contributed by atoms with Crippen molar-refractivity contribution in [2.24, 2.45) is 11.8 Å². The molecule has 0 bridgehead atoms. The number of nitrogens with zero attached hydrogens (tertiary/aromatic N) is 2. The second-order valence-corrected chi connectivity index (χ2v) is 9.30. The fraction of sp³-hybridized carbons (Fsp3) is 0.520. The van der Waals surface area contributed by atoms with Gasteiger partial charge in [0.2, 0.25) is 17.7 Å². The van der Waals surface area contributed by atoms with Gasteiger partial charge in [0.25, 0.3) is 0 Å². The Morgan fingerprint density at radius 1 is 1.18 bits per heavy atom. The second kappa shape index (κ2) is 11.8. The summed E-state index contributed by atoms with van der Waals surface area (Å²) in [6, 6.07) is 8.22. The molecule has 2 aliphatic rings. The van der Waals surface area contributed by atoms with Gasteiger partial charge in [-0.2, -0.15) is 0 Å². The number of hydrazine groups is 1. The number of hydrogen-bond donors (Lipinski definition) is 3. The quantitative estimate of drug-likeness (QED) is 0.448. The van der Waals surface area contributed by atoms with Crippen LogP contribution in [-0.4, -0.2) is 64.0 Å². The van der Waals surface area contributed by atoms with E-state index in [1.165, 1.54) is 10.0 Å². The average Bonchev–Trinajstić information content (AvgIpc) is 2.91. The molecule has 184 valence electrons. The maximum Gasteiger partial charge on any atom is 0.326 e. The zero-order chi connectivity index (χ0) is 24.7. The van der Waals surface area contributed by atoms with Gasteiger partial charge in [-0.15, -0.1) is 0 Å². The van der Waals surface area contributed by atoms with Gasteiger partial charge in [-0.05, 0) is 24.3 Å². The third-order valence-corrected chi connectivity index (χ3v) is 6.08. The highest BCUT2D eigenvalue weighted by Crippen LogP contribution is 2.26. The number of aliphatic carboxylic acids is 1. The highest BCUT2D eigenvalue weighted by atomic mass is 16.4. The number of fused-ring (bicyclic) bond motifs is 1. The molecular weight excluding hydrogens is 436 g/mol. The van der Waals surface area contributed by atoms with Gasteiger partial charge in [0, 0.05) is 19.5 Å². The van der Waals surface area contributed by atoms with Crippen LogP contribution in [0, 0.1) is 11.8 Å². The molecule has 9 nitrogen and oxygen atoms in total. The van der Waals surface area contributed by atoms with Gasteiger partial charge in [-0.1, -0.05) is 56.3 Å². The smallest absolute Gasteiger partial charge is 0.326 e. The minimum Gasteiger partial charge on any atom is -0.480 e. The van der Waals surface area contributed by atoms with Crippen molar-refractivity contribution in [1.82, 2.24) is 20.7 Å². The molecule has 3 N–H and O–H groups in total. The second-order valence-electron chi connectivity index (χ2n) is 9.30. The molecule has 0 aromatic heterocycles. The number of carboxylic acid groups (broad SMARTS) is 1. The van der Waals surface area contributed by atoms with E-state index in [9.17, 15) is 24.3 Å². The SMILES string of the molecule is CC(C)C[C@H](NC(=O)CC1C=CCN2C(=O)CCC(CNCc3ccccc3)C(=O)N12)C(=O)O. The lowest BCUT2D eigenvalue weighted by atomic mass is 10.0. The Morgan fingerprint density at radius 2 is 1.91 bits per heavy atom. The molecule has 2 unspecified atom stereocenters. The molecule has 2 aliphatic heterocycles. The lowest BCUT2D eigenvalue weighted by Crippen LogP contribution is -2.57. The maximum absolute atomic E-state index is 13.5. The van der Waals surface area contributed by atoms with Gasteiger partial charge < -0.3 is 15.7 Å². The van der Waals surface area contributed by atoms with Crippen LogP contribution in [0.4, 0.5) is 0 Å². The van der Waals surface area contributed by atoms with Crippen molar-refractivity contribution in [3.8, 4) is 0 Å². The van der Waals surface area contributed by atoms with Gasteiger partial charge in [-0.3, -0.25) is 14.4 Å². The monoisotopic (exact) mass is 470 g/mol. The fourth-order valence-electron chi connectivity index (χ4n) is 4.37. The van der Waals surface area contributed by atoms with Gasteiger partial charge >= 0.3 is 5.97 Å². The number of amides is 3. The summed E-state index contributed by atoms with van der Waals surface area (Å²) in [5.41, 5.74) is 1.10. The largest absolute Gasteiger partial charge is 0.480 e. The maximum atomic E-state index is 13.5. The van der Waals surface area contributed by atoms with Crippen LogP contribution in [0.5, 0.6) is 0 Å². The summed E-state index contributed by atoms with van der Waals surface area (Å²) in [5, 5.41) is 18.1. The van der Waals surface area contributed by atoms with E-state index in [2.05, 4.69) is 10.6 Å². The standard InChI is InChI=1S/C25H34N4O5/c1-17(2)13-21(25(33)34)27-22(30)14-20-9-6-12-28-23(31)11-10-19(24(32)29(20)28)16-26-15-18-7-4-3-5-8-18/h3-9,17,19-21,26H,10-16H2,1-2H3,(H,27,30)(H,33,34)/t19?,20?,21-/m0/s1. The number of carbonyl (C=O) groups excluding carboxylic acids is 3. The van der Waals surface area contributed by atoms with E-state index in [1.807, 2.05) is 44.2 Å². The number of benzene rings is 1. The van der Waals surface area contributed by atoms with Crippen molar-refractivity contribution in [3.05, 3.63) is 48.0 Å². The normalized spacial score (nSPS) is 21.3. The van der Waals surface area contributed by atoms with Crippen LogP contribution in [0.1, 0.15) is 45.1 Å². The molecule has 2 heterocycles. The lowest BCUT2D eigenvalue weighted by molar-refractivity contribution is -0.167. The lowest BCUT2D eigenvalue weighted by Gasteiger charge is -2.41. The van der Waals surface area contributed by atoms with E-state index < -0.39 is 29.9 Å². The van der Waals surface area contributed by atoms with E-state index >= 15 is 0 Å². The zero-order valence-electron chi connectivity index (χ0n) is 19.8. The molecule has 1 saturated heterocycles. The molecule has 0 aliphatic carbocycles. The molecular formula is C25H34N4O5. The summed E-state index contributed by atoms with van der Waals surface area (Å²) in [4.78, 5) is 50.5. The minimum absolute atomic E-state index is 0.0976. The van der Waals surface area contributed by atoms with E-state index in [0.717, 1.165) is 5.56 Å². The summed E-state index contributed by atoms with van der Waals surface area (Å²) in [6.45, 7) is 5.08. The number of carbonyl (C=O) groups is 4. The van der Waals surface area contributed by atoms with Gasteiger partial charge in [0.1, 0.15) is 6.04 Å². The third-order valence-electron chi connectivity index (χ3n) is 6.08. The Morgan fingerprint density at radius 3 is 2.59 bits per heavy atom. The van der Waals surface area contributed by atoms with Crippen molar-refractivity contribution in [3.63, 3.8) is 0 Å². The summed E-state index contributed by atoms with van der Waals surface area (Å²) in [5.74, 6) is -2.22. The van der Waals surface area contributed by atoms with E-state index in [0.29, 0.717) is 25.9 Å². The molecule has 1 fully saturated rings. The predicted molar refractivity (Wildman–Crippen MR) is 126 cm³/mol.